The van der Waals surface area contributed by atoms with Crippen molar-refractivity contribution in [3.8, 4) is 11.1 Å². The molecule has 1 aliphatic rings. The molecule has 2 aromatic rings. The molecule has 3 rings (SSSR count). The van der Waals surface area contributed by atoms with Gasteiger partial charge < -0.3 is 10.4 Å². The van der Waals surface area contributed by atoms with Crippen molar-refractivity contribution in [2.75, 3.05) is 13.7 Å². The molecule has 3 N–H and O–H groups in total. The van der Waals surface area contributed by atoms with E-state index < -0.39 is 21.7 Å². The van der Waals surface area contributed by atoms with Gasteiger partial charge in [0.25, 0.3) is 0 Å². The first-order chi connectivity index (χ1) is 13.8. The molecule has 1 atom stereocenters. The third kappa shape index (κ3) is 5.19. The Balaban J connectivity index is 1.66. The number of aliphatic hydroxyl groups is 1. The van der Waals surface area contributed by atoms with E-state index in [1.807, 2.05) is 7.05 Å². The van der Waals surface area contributed by atoms with Crippen molar-refractivity contribution in [3.05, 3.63) is 54.1 Å². The Morgan fingerprint density at radius 1 is 1.07 bits per heavy atom. The van der Waals surface area contributed by atoms with E-state index in [1.54, 1.807) is 0 Å². The zero-order valence-electron chi connectivity index (χ0n) is 16.2. The number of hydrogen-bond donors (Lipinski definition) is 3. The van der Waals surface area contributed by atoms with Crippen LogP contribution in [0.3, 0.4) is 0 Å². The number of hydrogen-bond acceptors (Lipinski definition) is 4. The molecule has 1 aliphatic carbocycles. The van der Waals surface area contributed by atoms with Gasteiger partial charge in [0.2, 0.25) is 10.0 Å². The second kappa shape index (κ2) is 9.30. The molecule has 2 aromatic carbocycles. The van der Waals surface area contributed by atoms with E-state index in [9.17, 15) is 22.3 Å². The Hall–Kier alpha value is -1.87. The van der Waals surface area contributed by atoms with Crippen LogP contribution in [0.1, 0.15) is 25.7 Å². The van der Waals surface area contributed by atoms with E-state index in [-0.39, 0.29) is 29.1 Å². The third-order valence-electron chi connectivity index (χ3n) is 5.64. The van der Waals surface area contributed by atoms with Gasteiger partial charge >= 0.3 is 0 Å². The maximum Gasteiger partial charge on any atom is 0.240 e. The van der Waals surface area contributed by atoms with E-state index in [4.69, 9.17) is 0 Å². The van der Waals surface area contributed by atoms with Crippen molar-refractivity contribution in [2.24, 2.45) is 5.92 Å². The van der Waals surface area contributed by atoms with E-state index >= 15 is 0 Å². The van der Waals surface area contributed by atoms with Gasteiger partial charge in [0.15, 0.2) is 0 Å². The summed E-state index contributed by atoms with van der Waals surface area (Å²) in [6, 6.07) is 9.05. The Kier molecular flexibility index (Phi) is 7.00. The molecule has 8 heteroatoms. The summed E-state index contributed by atoms with van der Waals surface area (Å²) in [4.78, 5) is 0.106. The number of nitrogens with one attached hydrogen (secondary N) is 2. The number of benzene rings is 2. The molecule has 0 spiro atoms. The van der Waals surface area contributed by atoms with Crippen LogP contribution in [0, 0.1) is 17.6 Å². The summed E-state index contributed by atoms with van der Waals surface area (Å²) >= 11 is 0. The van der Waals surface area contributed by atoms with Gasteiger partial charge in [-0.05, 0) is 68.5 Å². The Bertz CT molecular complexity index is 923. The van der Waals surface area contributed by atoms with E-state index in [0.717, 1.165) is 25.0 Å². The molecule has 0 amide bonds. The number of rotatable bonds is 7. The molecule has 5 nitrogen and oxygen atoms in total. The minimum atomic E-state index is -3.69. The molecule has 1 fully saturated rings. The van der Waals surface area contributed by atoms with Gasteiger partial charge in [0.1, 0.15) is 11.6 Å². The number of sulfonamides is 1. The molecule has 0 aliphatic heterocycles. The third-order valence-corrected chi connectivity index (χ3v) is 7.17. The lowest BCUT2D eigenvalue weighted by atomic mass is 9.82. The van der Waals surface area contributed by atoms with Crippen LogP contribution in [0.5, 0.6) is 0 Å². The SMILES string of the molecule is CNC(CO)C1CCC(NS(=O)(=O)c2ccc(-c3ccc(F)cc3F)cc2)CC1. The van der Waals surface area contributed by atoms with E-state index in [0.29, 0.717) is 24.3 Å². The molecule has 0 aromatic heterocycles. The molecule has 1 unspecified atom stereocenters. The highest BCUT2D eigenvalue weighted by Gasteiger charge is 2.29. The van der Waals surface area contributed by atoms with E-state index in [1.165, 1.54) is 30.3 Å². The highest BCUT2D eigenvalue weighted by atomic mass is 32.2. The highest BCUT2D eigenvalue weighted by molar-refractivity contribution is 7.89. The molecule has 158 valence electrons. The smallest absolute Gasteiger partial charge is 0.240 e. The first-order valence-corrected chi connectivity index (χ1v) is 11.2. The second-order valence-corrected chi connectivity index (χ2v) is 9.17. The number of halogens is 2. The molecule has 0 radical (unpaired) electrons. The summed E-state index contributed by atoms with van der Waals surface area (Å²) in [7, 11) is -1.88. The highest BCUT2D eigenvalue weighted by Crippen LogP contribution is 2.29. The average Bonchev–Trinajstić information content (AvgIpc) is 2.70. The number of aliphatic hydroxyl groups excluding tert-OH is 1. The molecule has 29 heavy (non-hydrogen) atoms. The molecule has 0 heterocycles. The van der Waals surface area contributed by atoms with Crippen molar-refractivity contribution in [1.29, 1.82) is 0 Å². The van der Waals surface area contributed by atoms with Crippen LogP contribution in [-0.2, 0) is 10.0 Å². The van der Waals surface area contributed by atoms with Crippen LogP contribution in [0.2, 0.25) is 0 Å². The monoisotopic (exact) mass is 424 g/mol. The largest absolute Gasteiger partial charge is 0.395 e. The van der Waals surface area contributed by atoms with Crippen LogP contribution < -0.4 is 10.0 Å². The van der Waals surface area contributed by atoms with Crippen LogP contribution >= 0.6 is 0 Å². The summed E-state index contributed by atoms with van der Waals surface area (Å²) in [5, 5.41) is 12.5. The predicted molar refractivity (Wildman–Crippen MR) is 108 cm³/mol. The quantitative estimate of drug-likeness (QED) is 0.638. The zero-order chi connectivity index (χ0) is 21.0. The van der Waals surface area contributed by atoms with E-state index in [2.05, 4.69) is 10.0 Å². The van der Waals surface area contributed by atoms with Gasteiger partial charge in [-0.3, -0.25) is 0 Å². The lowest BCUT2D eigenvalue weighted by molar-refractivity contribution is 0.170. The van der Waals surface area contributed by atoms with Crippen molar-refractivity contribution < 1.29 is 22.3 Å². The van der Waals surface area contributed by atoms with Crippen molar-refractivity contribution in [3.63, 3.8) is 0 Å². The lowest BCUT2D eigenvalue weighted by Crippen LogP contribution is -2.43. The zero-order valence-corrected chi connectivity index (χ0v) is 17.1. The molecule has 0 bridgehead atoms. The van der Waals surface area contributed by atoms with Crippen molar-refractivity contribution >= 4 is 10.0 Å². The molecule has 0 saturated heterocycles. The van der Waals surface area contributed by atoms with Gasteiger partial charge in [-0.2, -0.15) is 0 Å². The van der Waals surface area contributed by atoms with Gasteiger partial charge in [-0.1, -0.05) is 12.1 Å². The molecular formula is C21H26F2N2O3S. The molecule has 1 saturated carbocycles. The summed E-state index contributed by atoms with van der Waals surface area (Å²) in [6.45, 7) is 0.0680. The fourth-order valence-electron chi connectivity index (χ4n) is 3.94. The minimum absolute atomic E-state index is 0.0342. The van der Waals surface area contributed by atoms with Crippen molar-refractivity contribution in [1.82, 2.24) is 10.0 Å². The average molecular weight is 425 g/mol. The van der Waals surface area contributed by atoms with Gasteiger partial charge in [-0.15, -0.1) is 0 Å². The molecular weight excluding hydrogens is 398 g/mol. The minimum Gasteiger partial charge on any atom is -0.395 e. The maximum absolute atomic E-state index is 13.9. The van der Waals surface area contributed by atoms with Crippen molar-refractivity contribution in [2.45, 2.75) is 42.7 Å². The Morgan fingerprint density at radius 3 is 2.28 bits per heavy atom. The summed E-state index contributed by atoms with van der Waals surface area (Å²) in [5.74, 6) is -1.03. The summed E-state index contributed by atoms with van der Waals surface area (Å²) < 4.78 is 55.2. The fourth-order valence-corrected chi connectivity index (χ4v) is 5.25. The first-order valence-electron chi connectivity index (χ1n) is 9.70. The normalized spacial score (nSPS) is 21.1. The predicted octanol–water partition coefficient (Wildman–Crippen LogP) is 3.05. The standard InChI is InChI=1S/C21H26F2N2O3S/c1-24-21(13-26)15-2-7-17(8-3-15)25-29(27,28)18-9-4-14(5-10-18)19-11-6-16(22)12-20(19)23/h4-6,9-12,15,17,21,24-26H,2-3,7-8,13H2,1H3. The van der Waals surface area contributed by atoms with Gasteiger partial charge in [0, 0.05) is 23.7 Å². The lowest BCUT2D eigenvalue weighted by Gasteiger charge is -2.33. The topological polar surface area (TPSA) is 78.4 Å². The Labute approximate surface area is 170 Å². The second-order valence-electron chi connectivity index (χ2n) is 7.46. The van der Waals surface area contributed by atoms with Crippen LogP contribution in [0.15, 0.2) is 47.4 Å². The van der Waals surface area contributed by atoms with Crippen LogP contribution in [0.4, 0.5) is 8.78 Å². The first kappa shape index (κ1) is 21.8. The number of likely N-dealkylation sites (N-methyl/N-ethyl adjacent to an activating group) is 1. The Morgan fingerprint density at radius 2 is 1.72 bits per heavy atom. The van der Waals surface area contributed by atoms with Gasteiger partial charge in [-0.25, -0.2) is 21.9 Å². The fraction of sp³-hybridized carbons (Fsp3) is 0.429. The summed E-state index contributed by atoms with van der Waals surface area (Å²) in [5.41, 5.74) is 0.689. The van der Waals surface area contributed by atoms with Crippen LogP contribution in [0.25, 0.3) is 11.1 Å². The maximum atomic E-state index is 13.9. The van der Waals surface area contributed by atoms with Gasteiger partial charge in [0.05, 0.1) is 11.5 Å². The van der Waals surface area contributed by atoms with Crippen LogP contribution in [-0.4, -0.2) is 39.3 Å². The summed E-state index contributed by atoms with van der Waals surface area (Å²) in [6.07, 6.45) is 3.09.